The Kier molecular flexibility index (Phi) is 3.87. The van der Waals surface area contributed by atoms with Gasteiger partial charge in [0.25, 0.3) is 0 Å². The standard InChI is InChI=1S/C16H20N2O2S/c1-16(17,12-6-7-12)15(19)18(10-13-4-2-8-20-13)11-14-5-3-9-21-14/h2-5,8-9,12H,6-7,10-11,17H2,1H3. The van der Waals surface area contributed by atoms with Crippen molar-refractivity contribution in [3.63, 3.8) is 0 Å². The molecule has 0 spiro atoms. The first kappa shape index (κ1) is 14.4. The molecule has 0 radical (unpaired) electrons. The Bertz CT molecular complexity index is 550. The fraction of sp³-hybridized carbons (Fsp3) is 0.438. The van der Waals surface area contributed by atoms with Crippen molar-refractivity contribution in [2.75, 3.05) is 0 Å². The van der Waals surface area contributed by atoms with E-state index in [9.17, 15) is 4.79 Å². The summed E-state index contributed by atoms with van der Waals surface area (Å²) in [6.45, 7) is 2.90. The van der Waals surface area contributed by atoms with E-state index in [4.69, 9.17) is 10.2 Å². The molecule has 1 atom stereocenters. The van der Waals surface area contributed by atoms with Crippen LogP contribution in [0.15, 0.2) is 40.3 Å². The SMILES string of the molecule is CC(N)(C(=O)N(Cc1ccco1)Cc1cccs1)C1CC1. The predicted molar refractivity (Wildman–Crippen MR) is 82.6 cm³/mol. The smallest absolute Gasteiger partial charge is 0.243 e. The molecule has 3 rings (SSSR count). The van der Waals surface area contributed by atoms with Gasteiger partial charge in [0.2, 0.25) is 5.91 Å². The van der Waals surface area contributed by atoms with Crippen LogP contribution >= 0.6 is 11.3 Å². The maximum absolute atomic E-state index is 12.9. The molecule has 2 aromatic rings. The Morgan fingerprint density at radius 1 is 1.43 bits per heavy atom. The maximum Gasteiger partial charge on any atom is 0.243 e. The monoisotopic (exact) mass is 304 g/mol. The number of rotatable bonds is 6. The highest BCUT2D eigenvalue weighted by Gasteiger charge is 2.46. The van der Waals surface area contributed by atoms with E-state index in [0.717, 1.165) is 23.5 Å². The summed E-state index contributed by atoms with van der Waals surface area (Å²) in [5.41, 5.74) is 5.53. The zero-order valence-electron chi connectivity index (χ0n) is 12.1. The first-order valence-electron chi connectivity index (χ1n) is 7.20. The molecule has 1 amide bonds. The van der Waals surface area contributed by atoms with Crippen LogP contribution in [0.25, 0.3) is 0 Å². The van der Waals surface area contributed by atoms with Gasteiger partial charge in [-0.15, -0.1) is 11.3 Å². The number of thiophene rings is 1. The van der Waals surface area contributed by atoms with Crippen molar-refractivity contribution in [3.05, 3.63) is 46.5 Å². The van der Waals surface area contributed by atoms with Crippen molar-refractivity contribution in [2.45, 2.75) is 38.4 Å². The van der Waals surface area contributed by atoms with Gasteiger partial charge in [0, 0.05) is 4.88 Å². The molecule has 1 saturated carbocycles. The third kappa shape index (κ3) is 3.19. The van der Waals surface area contributed by atoms with Crippen LogP contribution in [0.1, 0.15) is 30.4 Å². The van der Waals surface area contributed by atoms with E-state index in [1.165, 1.54) is 0 Å². The number of carbonyl (C=O) groups is 1. The predicted octanol–water partition coefficient (Wildman–Crippen LogP) is 3.00. The number of carbonyl (C=O) groups excluding carboxylic acids is 1. The first-order chi connectivity index (χ1) is 10.1. The van der Waals surface area contributed by atoms with E-state index in [0.29, 0.717) is 19.0 Å². The van der Waals surface area contributed by atoms with Crippen LogP contribution in [0.3, 0.4) is 0 Å². The quantitative estimate of drug-likeness (QED) is 0.892. The highest BCUT2D eigenvalue weighted by atomic mass is 32.1. The Morgan fingerprint density at radius 3 is 2.81 bits per heavy atom. The molecule has 5 heteroatoms. The lowest BCUT2D eigenvalue weighted by Crippen LogP contribution is -2.54. The molecule has 0 aromatic carbocycles. The van der Waals surface area contributed by atoms with Crippen LogP contribution in [0.5, 0.6) is 0 Å². The average molecular weight is 304 g/mol. The van der Waals surface area contributed by atoms with E-state index in [1.54, 1.807) is 17.6 Å². The minimum atomic E-state index is -0.774. The number of nitrogens with zero attached hydrogens (tertiary/aromatic N) is 1. The number of hydrogen-bond acceptors (Lipinski definition) is 4. The first-order valence-corrected chi connectivity index (χ1v) is 8.08. The van der Waals surface area contributed by atoms with E-state index < -0.39 is 5.54 Å². The van der Waals surface area contributed by atoms with Crippen molar-refractivity contribution >= 4 is 17.2 Å². The molecular formula is C16H20N2O2S. The lowest BCUT2D eigenvalue weighted by Gasteiger charge is -2.31. The Morgan fingerprint density at radius 2 is 2.24 bits per heavy atom. The zero-order chi connectivity index (χ0) is 14.9. The molecule has 0 saturated heterocycles. The Hall–Kier alpha value is -1.59. The fourth-order valence-electron chi connectivity index (χ4n) is 2.58. The zero-order valence-corrected chi connectivity index (χ0v) is 12.9. The molecule has 2 aromatic heterocycles. The van der Waals surface area contributed by atoms with Crippen molar-refractivity contribution in [3.8, 4) is 0 Å². The highest BCUT2D eigenvalue weighted by molar-refractivity contribution is 7.09. The lowest BCUT2D eigenvalue weighted by molar-refractivity contribution is -0.138. The molecule has 0 aliphatic heterocycles. The summed E-state index contributed by atoms with van der Waals surface area (Å²) in [6, 6.07) is 7.77. The van der Waals surface area contributed by atoms with Crippen molar-refractivity contribution in [2.24, 2.45) is 11.7 Å². The summed E-state index contributed by atoms with van der Waals surface area (Å²) in [5, 5.41) is 2.02. The van der Waals surface area contributed by atoms with Gasteiger partial charge < -0.3 is 15.1 Å². The molecule has 1 aliphatic rings. The van der Waals surface area contributed by atoms with Gasteiger partial charge in [-0.1, -0.05) is 6.07 Å². The van der Waals surface area contributed by atoms with Gasteiger partial charge in [-0.25, -0.2) is 0 Å². The molecule has 1 aliphatic carbocycles. The van der Waals surface area contributed by atoms with Gasteiger partial charge in [0.05, 0.1) is 24.9 Å². The molecule has 1 fully saturated rings. The Balaban J connectivity index is 1.78. The number of amides is 1. The highest BCUT2D eigenvalue weighted by Crippen LogP contribution is 2.39. The van der Waals surface area contributed by atoms with Gasteiger partial charge in [-0.05, 0) is 49.3 Å². The second-order valence-corrected chi connectivity index (χ2v) is 6.91. The number of furan rings is 1. The van der Waals surface area contributed by atoms with Gasteiger partial charge in [0.1, 0.15) is 5.76 Å². The summed E-state index contributed by atoms with van der Waals surface area (Å²) in [4.78, 5) is 15.8. The summed E-state index contributed by atoms with van der Waals surface area (Å²) in [7, 11) is 0. The van der Waals surface area contributed by atoms with Crippen molar-refractivity contribution in [1.29, 1.82) is 0 Å². The number of hydrogen-bond donors (Lipinski definition) is 1. The molecule has 21 heavy (non-hydrogen) atoms. The third-order valence-corrected chi connectivity index (χ3v) is 4.89. The summed E-state index contributed by atoms with van der Waals surface area (Å²) in [5.74, 6) is 1.11. The van der Waals surface area contributed by atoms with E-state index in [-0.39, 0.29) is 5.91 Å². The minimum Gasteiger partial charge on any atom is -0.467 e. The van der Waals surface area contributed by atoms with E-state index >= 15 is 0 Å². The van der Waals surface area contributed by atoms with Crippen LogP contribution in [0.4, 0.5) is 0 Å². The molecule has 112 valence electrons. The largest absolute Gasteiger partial charge is 0.467 e. The topological polar surface area (TPSA) is 59.5 Å². The average Bonchev–Trinajstić information content (AvgIpc) is 2.98. The van der Waals surface area contributed by atoms with Crippen molar-refractivity contribution < 1.29 is 9.21 Å². The second-order valence-electron chi connectivity index (χ2n) is 5.88. The van der Waals surface area contributed by atoms with Gasteiger partial charge in [-0.3, -0.25) is 4.79 Å². The van der Waals surface area contributed by atoms with Gasteiger partial charge in [-0.2, -0.15) is 0 Å². The van der Waals surface area contributed by atoms with Crippen LogP contribution < -0.4 is 5.73 Å². The van der Waals surface area contributed by atoms with Crippen LogP contribution in [-0.2, 0) is 17.9 Å². The second kappa shape index (κ2) is 5.66. The molecular weight excluding hydrogens is 284 g/mol. The normalized spacial score (nSPS) is 17.4. The minimum absolute atomic E-state index is 0.00907. The fourth-order valence-corrected chi connectivity index (χ4v) is 3.30. The molecule has 2 N–H and O–H groups in total. The molecule has 2 heterocycles. The van der Waals surface area contributed by atoms with Gasteiger partial charge >= 0.3 is 0 Å². The maximum atomic E-state index is 12.9. The lowest BCUT2D eigenvalue weighted by atomic mass is 9.95. The van der Waals surface area contributed by atoms with E-state index in [2.05, 4.69) is 0 Å². The summed E-state index contributed by atoms with van der Waals surface area (Å²) in [6.07, 6.45) is 3.73. The van der Waals surface area contributed by atoms with Gasteiger partial charge in [0.15, 0.2) is 0 Å². The summed E-state index contributed by atoms with van der Waals surface area (Å²) >= 11 is 1.65. The third-order valence-electron chi connectivity index (χ3n) is 4.03. The van der Waals surface area contributed by atoms with Crippen LogP contribution in [0.2, 0.25) is 0 Å². The van der Waals surface area contributed by atoms with Crippen LogP contribution in [0, 0.1) is 5.92 Å². The number of nitrogens with two attached hydrogens (primary N) is 1. The van der Waals surface area contributed by atoms with Crippen LogP contribution in [-0.4, -0.2) is 16.3 Å². The Labute approximate surface area is 128 Å². The molecule has 1 unspecified atom stereocenters. The molecule has 4 nitrogen and oxygen atoms in total. The molecule has 0 bridgehead atoms. The summed E-state index contributed by atoms with van der Waals surface area (Å²) < 4.78 is 5.39. The van der Waals surface area contributed by atoms with E-state index in [1.807, 2.05) is 41.5 Å². The van der Waals surface area contributed by atoms with Crippen molar-refractivity contribution in [1.82, 2.24) is 4.90 Å².